The molecule has 0 aliphatic carbocycles. The number of para-hydroxylation sites is 2. The summed E-state index contributed by atoms with van der Waals surface area (Å²) < 4.78 is 27.8. The Morgan fingerprint density at radius 1 is 1.00 bits per heavy atom. The molecule has 1 aliphatic heterocycles. The van der Waals surface area contributed by atoms with E-state index in [2.05, 4.69) is 26.3 Å². The molecule has 126 valence electrons. The van der Waals surface area contributed by atoms with Crippen LogP contribution in [-0.2, 0) is 6.42 Å². The maximum Gasteiger partial charge on any atom is 0.149 e. The monoisotopic (exact) mass is 338 g/mol. The molecule has 6 heteroatoms. The molecule has 3 aromatic rings. The van der Waals surface area contributed by atoms with Crippen molar-refractivity contribution in [3.8, 4) is 0 Å². The molecule has 0 radical (unpaired) electrons. The van der Waals surface area contributed by atoms with Crippen LogP contribution in [-0.4, -0.2) is 16.5 Å². The van der Waals surface area contributed by atoms with Crippen molar-refractivity contribution in [2.24, 2.45) is 0 Å². The molecule has 1 aliphatic rings. The van der Waals surface area contributed by atoms with Crippen molar-refractivity contribution in [3.05, 3.63) is 71.6 Å². The molecule has 4 nitrogen and oxygen atoms in total. The molecule has 0 fully saturated rings. The number of nitrogens with zero attached hydrogens (tertiary/aromatic N) is 3. The molecular weight excluding hydrogens is 322 g/mol. The Morgan fingerprint density at radius 3 is 2.56 bits per heavy atom. The van der Waals surface area contributed by atoms with Crippen molar-refractivity contribution >= 4 is 23.0 Å². The highest BCUT2D eigenvalue weighted by Crippen LogP contribution is 2.34. The predicted octanol–water partition coefficient (Wildman–Crippen LogP) is 4.50. The van der Waals surface area contributed by atoms with Crippen molar-refractivity contribution in [1.82, 2.24) is 9.97 Å². The smallest absolute Gasteiger partial charge is 0.149 e. The zero-order chi connectivity index (χ0) is 17.4. The third-order valence-corrected chi connectivity index (χ3v) is 4.20. The molecule has 2 aromatic carbocycles. The molecule has 0 saturated heterocycles. The average Bonchev–Trinajstić information content (AvgIpc) is 3.02. The number of benzene rings is 2. The number of halogens is 2. The van der Waals surface area contributed by atoms with Gasteiger partial charge in [-0.3, -0.25) is 0 Å². The first kappa shape index (κ1) is 15.5. The van der Waals surface area contributed by atoms with Gasteiger partial charge in [-0.05, 0) is 37.1 Å². The first-order valence-corrected chi connectivity index (χ1v) is 8.04. The van der Waals surface area contributed by atoms with Crippen molar-refractivity contribution in [1.29, 1.82) is 0 Å². The van der Waals surface area contributed by atoms with Crippen molar-refractivity contribution < 1.29 is 8.78 Å². The highest BCUT2D eigenvalue weighted by atomic mass is 19.1. The van der Waals surface area contributed by atoms with E-state index in [4.69, 9.17) is 0 Å². The molecule has 0 atom stereocenters. The third kappa shape index (κ3) is 2.91. The van der Waals surface area contributed by atoms with Crippen LogP contribution in [0.3, 0.4) is 0 Å². The van der Waals surface area contributed by atoms with Crippen molar-refractivity contribution in [3.63, 3.8) is 0 Å². The van der Waals surface area contributed by atoms with Gasteiger partial charge in [0.15, 0.2) is 0 Å². The molecule has 0 unspecified atom stereocenters. The van der Waals surface area contributed by atoms with E-state index in [1.807, 2.05) is 18.2 Å². The normalized spacial score (nSPS) is 13.0. The number of anilines is 4. The van der Waals surface area contributed by atoms with Crippen LogP contribution >= 0.6 is 0 Å². The molecule has 0 bridgehead atoms. The SMILES string of the molecule is Cc1nc(Nc2c(F)cccc2F)cc(N2CCc3ccccc32)n1. The number of aromatic nitrogens is 2. The Morgan fingerprint density at radius 2 is 1.76 bits per heavy atom. The quantitative estimate of drug-likeness (QED) is 0.763. The number of rotatable bonds is 3. The van der Waals surface area contributed by atoms with E-state index in [-0.39, 0.29) is 5.69 Å². The maximum atomic E-state index is 13.9. The standard InChI is InChI=1S/C19H16F2N4/c1-12-22-17(24-19-14(20)6-4-7-15(19)21)11-18(23-12)25-10-9-13-5-2-3-8-16(13)25/h2-8,11H,9-10H2,1H3,(H,22,23,24). The lowest BCUT2D eigenvalue weighted by atomic mass is 10.2. The molecule has 0 spiro atoms. The Bertz CT molecular complexity index is 922. The van der Waals surface area contributed by atoms with E-state index < -0.39 is 11.6 Å². The van der Waals surface area contributed by atoms with E-state index in [0.29, 0.717) is 17.5 Å². The summed E-state index contributed by atoms with van der Waals surface area (Å²) in [6, 6.07) is 13.6. The minimum Gasteiger partial charge on any atom is -0.335 e. The van der Waals surface area contributed by atoms with Crippen LogP contribution < -0.4 is 10.2 Å². The molecule has 25 heavy (non-hydrogen) atoms. The molecular formula is C19H16F2N4. The van der Waals surface area contributed by atoms with E-state index in [1.165, 1.54) is 23.8 Å². The van der Waals surface area contributed by atoms with E-state index in [9.17, 15) is 8.78 Å². The summed E-state index contributed by atoms with van der Waals surface area (Å²) in [5.74, 6) is 0.266. The molecule has 0 saturated carbocycles. The largest absolute Gasteiger partial charge is 0.335 e. The highest BCUT2D eigenvalue weighted by Gasteiger charge is 2.22. The van der Waals surface area contributed by atoms with Gasteiger partial charge in [-0.1, -0.05) is 24.3 Å². The Balaban J connectivity index is 1.71. The second-order valence-electron chi connectivity index (χ2n) is 5.91. The Kier molecular flexibility index (Phi) is 3.80. The molecule has 0 amide bonds. The average molecular weight is 338 g/mol. The number of hydrogen-bond acceptors (Lipinski definition) is 4. The van der Waals surface area contributed by atoms with Gasteiger partial charge >= 0.3 is 0 Å². The van der Waals surface area contributed by atoms with Crippen LogP contribution in [0.4, 0.5) is 31.8 Å². The lowest BCUT2D eigenvalue weighted by Crippen LogP contribution is -2.16. The zero-order valence-corrected chi connectivity index (χ0v) is 13.6. The van der Waals surface area contributed by atoms with Crippen LogP contribution in [0.25, 0.3) is 0 Å². The van der Waals surface area contributed by atoms with Crippen molar-refractivity contribution in [2.45, 2.75) is 13.3 Å². The summed E-state index contributed by atoms with van der Waals surface area (Å²) in [6.07, 6.45) is 0.934. The highest BCUT2D eigenvalue weighted by molar-refractivity contribution is 5.70. The summed E-state index contributed by atoms with van der Waals surface area (Å²) in [7, 11) is 0. The van der Waals surface area contributed by atoms with Gasteiger partial charge in [0.25, 0.3) is 0 Å². The number of nitrogens with one attached hydrogen (secondary N) is 1. The van der Waals surface area contributed by atoms with Crippen molar-refractivity contribution in [2.75, 3.05) is 16.8 Å². The lowest BCUT2D eigenvalue weighted by Gasteiger charge is -2.19. The maximum absolute atomic E-state index is 13.9. The molecule has 2 heterocycles. The minimum atomic E-state index is -0.663. The Hall–Kier alpha value is -3.02. The summed E-state index contributed by atoms with van der Waals surface area (Å²) in [5, 5.41) is 2.74. The van der Waals surface area contributed by atoms with Crippen LogP contribution in [0.15, 0.2) is 48.5 Å². The minimum absolute atomic E-state index is 0.214. The number of hydrogen-bond donors (Lipinski definition) is 1. The fourth-order valence-corrected chi connectivity index (χ4v) is 3.08. The fraction of sp³-hybridized carbons (Fsp3) is 0.158. The second-order valence-corrected chi connectivity index (χ2v) is 5.91. The Labute approximate surface area is 144 Å². The summed E-state index contributed by atoms with van der Waals surface area (Å²) in [6.45, 7) is 2.57. The van der Waals surface area contributed by atoms with Crippen LogP contribution in [0, 0.1) is 18.6 Å². The predicted molar refractivity (Wildman–Crippen MR) is 93.6 cm³/mol. The fourth-order valence-electron chi connectivity index (χ4n) is 3.08. The topological polar surface area (TPSA) is 41.1 Å². The van der Waals surface area contributed by atoms with Gasteiger partial charge in [-0.25, -0.2) is 18.7 Å². The summed E-state index contributed by atoms with van der Waals surface area (Å²) in [4.78, 5) is 10.8. The van der Waals surface area contributed by atoms with E-state index in [1.54, 1.807) is 13.0 Å². The number of aryl methyl sites for hydroxylation is 1. The third-order valence-electron chi connectivity index (χ3n) is 4.20. The summed E-state index contributed by atoms with van der Waals surface area (Å²) >= 11 is 0. The summed E-state index contributed by atoms with van der Waals surface area (Å²) in [5.41, 5.74) is 2.14. The van der Waals surface area contributed by atoms with Crippen LogP contribution in [0.1, 0.15) is 11.4 Å². The van der Waals surface area contributed by atoms with Crippen LogP contribution in [0.2, 0.25) is 0 Å². The van der Waals surface area contributed by atoms with Gasteiger partial charge < -0.3 is 10.2 Å². The van der Waals surface area contributed by atoms with Gasteiger partial charge in [-0.2, -0.15) is 0 Å². The second kappa shape index (κ2) is 6.12. The molecule has 1 N–H and O–H groups in total. The zero-order valence-electron chi connectivity index (χ0n) is 13.6. The first-order valence-electron chi connectivity index (χ1n) is 8.04. The van der Waals surface area contributed by atoms with Crippen LogP contribution in [0.5, 0.6) is 0 Å². The van der Waals surface area contributed by atoms with Gasteiger partial charge in [-0.15, -0.1) is 0 Å². The van der Waals surface area contributed by atoms with E-state index in [0.717, 1.165) is 18.7 Å². The van der Waals surface area contributed by atoms with E-state index >= 15 is 0 Å². The van der Waals surface area contributed by atoms with Gasteiger partial charge in [0, 0.05) is 18.3 Å². The van der Waals surface area contributed by atoms with Gasteiger partial charge in [0.2, 0.25) is 0 Å². The number of fused-ring (bicyclic) bond motifs is 1. The lowest BCUT2D eigenvalue weighted by molar-refractivity contribution is 0.590. The van der Waals surface area contributed by atoms with Gasteiger partial charge in [0.1, 0.15) is 34.8 Å². The van der Waals surface area contributed by atoms with Gasteiger partial charge in [0.05, 0.1) is 0 Å². The molecule has 1 aromatic heterocycles. The molecule has 4 rings (SSSR count). The first-order chi connectivity index (χ1) is 12.1.